The highest BCUT2D eigenvalue weighted by atomic mass is 35.5. The van der Waals surface area contributed by atoms with E-state index >= 15 is 0 Å². The number of amides is 1. The second-order valence-electron chi connectivity index (χ2n) is 7.46. The van der Waals surface area contributed by atoms with Gasteiger partial charge in [0.2, 0.25) is 11.9 Å². The van der Waals surface area contributed by atoms with Gasteiger partial charge in [-0.1, -0.05) is 35.9 Å². The van der Waals surface area contributed by atoms with E-state index in [4.69, 9.17) is 16.3 Å². The normalized spacial score (nSPS) is 25.9. The third-order valence-electron chi connectivity index (χ3n) is 5.75. The van der Waals surface area contributed by atoms with Crippen LogP contribution in [0.3, 0.4) is 0 Å². The number of carbonyl (C=O) groups excluding carboxylic acids is 1. The molecule has 0 aliphatic carbocycles. The Kier molecular flexibility index (Phi) is 7.22. The van der Waals surface area contributed by atoms with Crippen molar-refractivity contribution in [2.24, 2.45) is 5.92 Å². The van der Waals surface area contributed by atoms with E-state index in [2.05, 4.69) is 4.74 Å². The maximum Gasteiger partial charge on any atom is 0.245 e. The molecule has 1 fully saturated rings. The Hall–Kier alpha value is -2.80. The lowest BCUT2D eigenvalue weighted by Crippen LogP contribution is -2.69. The number of carbonyl (C=O) groups is 1. The molecule has 33 heavy (non-hydrogen) atoms. The molecule has 1 aliphatic heterocycles. The zero-order valence-electron chi connectivity index (χ0n) is 17.5. The number of nitro groups is 1. The summed E-state index contributed by atoms with van der Waals surface area (Å²) in [5.41, 5.74) is 0.286. The minimum Gasteiger partial charge on any atom is -0.815 e. The van der Waals surface area contributed by atoms with Crippen molar-refractivity contribution >= 4 is 17.5 Å². The van der Waals surface area contributed by atoms with Gasteiger partial charge in [0.15, 0.2) is 0 Å². The summed E-state index contributed by atoms with van der Waals surface area (Å²) in [5, 5.41) is 57.9. The van der Waals surface area contributed by atoms with Crippen molar-refractivity contribution in [1.82, 2.24) is 4.90 Å². The van der Waals surface area contributed by atoms with Crippen molar-refractivity contribution in [2.45, 2.75) is 30.4 Å². The van der Waals surface area contributed by atoms with Crippen molar-refractivity contribution in [2.75, 3.05) is 14.2 Å². The van der Waals surface area contributed by atoms with Gasteiger partial charge in [-0.3, -0.25) is 14.9 Å². The van der Waals surface area contributed by atoms with Crippen LogP contribution in [-0.4, -0.2) is 58.6 Å². The summed E-state index contributed by atoms with van der Waals surface area (Å²) in [7, 11) is 2.24. The lowest BCUT2D eigenvalue weighted by Gasteiger charge is -2.53. The number of hydrogen-bond acceptors (Lipinski definition) is 9. The molecule has 0 radical (unpaired) electrons. The number of rotatable bonds is 7. The summed E-state index contributed by atoms with van der Waals surface area (Å²) >= 11 is 5.90. The summed E-state index contributed by atoms with van der Waals surface area (Å²) in [6.07, 6.45) is -2.76. The van der Waals surface area contributed by atoms with Crippen LogP contribution in [0.4, 0.5) is 0 Å². The highest BCUT2D eigenvalue weighted by Gasteiger charge is 2.59. The number of aliphatic hydroxyl groups is 2. The van der Waals surface area contributed by atoms with E-state index < -0.39 is 47.1 Å². The largest absolute Gasteiger partial charge is 0.815 e. The summed E-state index contributed by atoms with van der Waals surface area (Å²) in [6.45, 7) is 0. The van der Waals surface area contributed by atoms with Gasteiger partial charge in [-0.05, 0) is 35.4 Å². The van der Waals surface area contributed by atoms with Crippen LogP contribution in [-0.2, 0) is 9.53 Å². The molecule has 11 nitrogen and oxygen atoms in total. The van der Waals surface area contributed by atoms with Crippen LogP contribution in [0.25, 0.3) is 0 Å². The predicted octanol–water partition coefficient (Wildman–Crippen LogP) is -0.434. The molecular formula is C21H21ClN2O9-2. The highest BCUT2D eigenvalue weighted by molar-refractivity contribution is 6.30. The van der Waals surface area contributed by atoms with Crippen LogP contribution < -0.4 is 14.9 Å². The summed E-state index contributed by atoms with van der Waals surface area (Å²) < 4.78 is 9.65. The van der Waals surface area contributed by atoms with Gasteiger partial charge < -0.3 is 34.8 Å². The lowest BCUT2D eigenvalue weighted by atomic mass is 9.71. The first kappa shape index (κ1) is 24.8. The summed E-state index contributed by atoms with van der Waals surface area (Å²) in [5.74, 6) is -7.98. The average Bonchev–Trinajstić information content (AvgIpc) is 2.78. The van der Waals surface area contributed by atoms with Gasteiger partial charge in [0.25, 0.3) is 0 Å². The van der Waals surface area contributed by atoms with Gasteiger partial charge >= 0.3 is 0 Å². The topological polar surface area (TPSA) is 168 Å². The molecule has 3 rings (SSSR count). The quantitative estimate of drug-likeness (QED) is 0.303. The lowest BCUT2D eigenvalue weighted by molar-refractivity contribution is -0.642. The van der Waals surface area contributed by atoms with E-state index in [9.17, 15) is 35.3 Å². The fourth-order valence-corrected chi connectivity index (χ4v) is 4.37. The Morgan fingerprint density at radius 1 is 1.12 bits per heavy atom. The van der Waals surface area contributed by atoms with Crippen LogP contribution in [0.15, 0.2) is 48.5 Å². The van der Waals surface area contributed by atoms with Gasteiger partial charge in [0.1, 0.15) is 17.8 Å². The van der Waals surface area contributed by atoms with Crippen molar-refractivity contribution in [3.63, 3.8) is 0 Å². The minimum absolute atomic E-state index is 0.133. The molecule has 1 heterocycles. The number of halogens is 1. The van der Waals surface area contributed by atoms with Crippen molar-refractivity contribution in [3.8, 4) is 5.75 Å². The predicted molar refractivity (Wildman–Crippen MR) is 109 cm³/mol. The number of nitrogens with zero attached hydrogens (tertiary/aromatic N) is 2. The molecule has 6 atom stereocenters. The van der Waals surface area contributed by atoms with Gasteiger partial charge in [0, 0.05) is 17.1 Å². The number of ether oxygens (including phenoxy) is 2. The molecule has 1 saturated heterocycles. The second kappa shape index (κ2) is 9.59. The van der Waals surface area contributed by atoms with Crippen LogP contribution in [0, 0.1) is 16.0 Å². The smallest absolute Gasteiger partial charge is 0.245 e. The van der Waals surface area contributed by atoms with Gasteiger partial charge in [-0.25, -0.2) is 0 Å². The fourth-order valence-electron chi connectivity index (χ4n) is 4.25. The van der Waals surface area contributed by atoms with Crippen LogP contribution >= 0.6 is 11.6 Å². The number of benzene rings is 2. The molecule has 0 bridgehead atoms. The molecule has 1 amide bonds. The molecule has 2 aromatic rings. The average molecular weight is 481 g/mol. The Morgan fingerprint density at radius 3 is 2.12 bits per heavy atom. The first-order valence-electron chi connectivity index (χ1n) is 9.70. The highest BCUT2D eigenvalue weighted by Crippen LogP contribution is 2.48. The molecule has 0 aromatic heterocycles. The fraction of sp³-hybridized carbons (Fsp3) is 0.381. The number of aliphatic hydroxyl groups excluding tert-OH is 1. The van der Waals surface area contributed by atoms with E-state index in [-0.39, 0.29) is 16.0 Å². The summed E-state index contributed by atoms with van der Waals surface area (Å²) in [4.78, 5) is 25.2. The van der Waals surface area contributed by atoms with E-state index in [1.807, 2.05) is 0 Å². The van der Waals surface area contributed by atoms with Gasteiger partial charge in [0.05, 0.1) is 25.4 Å². The standard InChI is InChI=1S/C21H21ClN2O9/c1-32-14-9-5-11(6-10-14)15-16(21(28,29)33-2)19(25)23(20(26)27)17(18(15)24(30)31)12-3-7-13(22)8-4-12/h3-10,15-18,20,26,28H,1-2H3/q-2. The molecule has 1 aliphatic rings. The monoisotopic (exact) mass is 480 g/mol. The molecular weight excluding hydrogens is 460 g/mol. The number of methoxy groups -OCH3 is 2. The third kappa shape index (κ3) is 4.64. The van der Waals surface area contributed by atoms with E-state index in [0.29, 0.717) is 10.8 Å². The maximum absolute atomic E-state index is 13.4. The Bertz CT molecular complexity index is 998. The van der Waals surface area contributed by atoms with E-state index in [0.717, 1.165) is 7.11 Å². The van der Waals surface area contributed by atoms with Crippen molar-refractivity contribution in [3.05, 3.63) is 74.8 Å². The van der Waals surface area contributed by atoms with Gasteiger partial charge in [-0.15, -0.1) is 0 Å². The first-order valence-corrected chi connectivity index (χ1v) is 10.1. The number of hydrogen-bond donors (Lipinski definition) is 2. The zero-order chi connectivity index (χ0) is 24.5. The Balaban J connectivity index is 2.29. The van der Waals surface area contributed by atoms with Crippen LogP contribution in [0.2, 0.25) is 5.02 Å². The molecule has 6 unspecified atom stereocenters. The SMILES string of the molecule is COc1ccc(C2C([N+](=O)[O-])C(c3ccc(Cl)cc3)N(C([O-])O)C(=O)C2C([O-])(O)OC)cc1. The first-order chi connectivity index (χ1) is 15.5. The summed E-state index contributed by atoms with van der Waals surface area (Å²) in [6, 6.07) is 7.92. The van der Waals surface area contributed by atoms with Crippen molar-refractivity contribution < 1.29 is 39.6 Å². The van der Waals surface area contributed by atoms with Gasteiger partial charge in [-0.2, -0.15) is 0 Å². The van der Waals surface area contributed by atoms with Crippen LogP contribution in [0.1, 0.15) is 23.1 Å². The Labute approximate surface area is 193 Å². The number of piperidine rings is 1. The maximum atomic E-state index is 13.4. The second-order valence-corrected chi connectivity index (χ2v) is 7.89. The third-order valence-corrected chi connectivity index (χ3v) is 6.00. The molecule has 2 aromatic carbocycles. The van der Waals surface area contributed by atoms with E-state index in [1.54, 1.807) is 0 Å². The molecule has 178 valence electrons. The molecule has 0 saturated carbocycles. The Morgan fingerprint density at radius 2 is 1.67 bits per heavy atom. The zero-order valence-corrected chi connectivity index (χ0v) is 18.3. The van der Waals surface area contributed by atoms with Crippen LogP contribution in [0.5, 0.6) is 5.75 Å². The number of likely N-dealkylation sites (tertiary alicyclic amines) is 1. The van der Waals surface area contributed by atoms with E-state index in [1.165, 1.54) is 55.6 Å². The molecule has 12 heteroatoms. The minimum atomic E-state index is -3.44. The molecule has 2 N–H and O–H groups in total. The van der Waals surface area contributed by atoms with Crippen molar-refractivity contribution in [1.29, 1.82) is 0 Å². The molecule has 0 spiro atoms.